The van der Waals surface area contributed by atoms with Crippen molar-refractivity contribution in [3.05, 3.63) is 22.2 Å². The molecule has 0 aliphatic carbocycles. The van der Waals surface area contributed by atoms with E-state index in [0.717, 1.165) is 11.3 Å². The van der Waals surface area contributed by atoms with E-state index in [-0.39, 0.29) is 22.7 Å². The van der Waals surface area contributed by atoms with Gasteiger partial charge in [-0.2, -0.15) is 4.98 Å². The van der Waals surface area contributed by atoms with E-state index >= 15 is 0 Å². The zero-order valence-electron chi connectivity index (χ0n) is 10.5. The second kappa shape index (κ2) is 5.17. The molecule has 2 amide bonds. The van der Waals surface area contributed by atoms with E-state index < -0.39 is 11.8 Å². The van der Waals surface area contributed by atoms with Crippen molar-refractivity contribution in [2.24, 2.45) is 11.5 Å². The average Bonchev–Trinajstić information content (AvgIpc) is 2.90. The third-order valence-corrected chi connectivity index (χ3v) is 3.57. The van der Waals surface area contributed by atoms with Gasteiger partial charge in [-0.15, -0.1) is 11.3 Å². The molecule has 0 spiro atoms. The molecule has 10 heteroatoms. The molecule has 0 aliphatic rings. The van der Waals surface area contributed by atoms with E-state index in [1.54, 1.807) is 6.92 Å². The Bertz CT molecular complexity index is 677. The van der Waals surface area contributed by atoms with Crippen molar-refractivity contribution in [2.45, 2.75) is 13.5 Å². The van der Waals surface area contributed by atoms with Crippen molar-refractivity contribution in [1.29, 1.82) is 0 Å². The fourth-order valence-corrected chi connectivity index (χ4v) is 2.54. The van der Waals surface area contributed by atoms with E-state index in [9.17, 15) is 9.59 Å². The summed E-state index contributed by atoms with van der Waals surface area (Å²) in [6, 6.07) is 0. The highest BCUT2D eigenvalue weighted by Gasteiger charge is 2.23. The Kier molecular flexibility index (Phi) is 3.57. The lowest BCUT2D eigenvalue weighted by Gasteiger charge is -2.02. The lowest BCUT2D eigenvalue weighted by atomic mass is 10.2. The van der Waals surface area contributed by atoms with Gasteiger partial charge in [-0.05, 0) is 0 Å². The van der Waals surface area contributed by atoms with Crippen LogP contribution in [0.25, 0.3) is 0 Å². The van der Waals surface area contributed by atoms with Crippen LogP contribution >= 0.6 is 11.3 Å². The van der Waals surface area contributed by atoms with Gasteiger partial charge in [-0.3, -0.25) is 9.59 Å². The normalized spacial score (nSPS) is 10.4. The molecule has 20 heavy (non-hydrogen) atoms. The van der Waals surface area contributed by atoms with Crippen molar-refractivity contribution < 1.29 is 14.1 Å². The maximum atomic E-state index is 11.4. The van der Waals surface area contributed by atoms with Crippen LogP contribution in [0.2, 0.25) is 0 Å². The van der Waals surface area contributed by atoms with Gasteiger partial charge in [-0.1, -0.05) is 5.16 Å². The summed E-state index contributed by atoms with van der Waals surface area (Å²) in [5, 5.41) is 6.91. The van der Waals surface area contributed by atoms with Gasteiger partial charge >= 0.3 is 0 Å². The largest absolute Gasteiger partial charge is 0.397 e. The number of hydrogen-bond acceptors (Lipinski definition) is 8. The Labute approximate surface area is 117 Å². The van der Waals surface area contributed by atoms with E-state index in [1.807, 2.05) is 0 Å². The van der Waals surface area contributed by atoms with E-state index in [4.69, 9.17) is 21.7 Å². The van der Waals surface area contributed by atoms with Gasteiger partial charge in [0.05, 0.1) is 17.8 Å². The van der Waals surface area contributed by atoms with Crippen LogP contribution < -0.4 is 22.5 Å². The molecule has 0 bridgehead atoms. The third kappa shape index (κ3) is 2.54. The number of rotatable bonds is 5. The van der Waals surface area contributed by atoms with Gasteiger partial charge in [-0.25, -0.2) is 0 Å². The molecule has 2 aromatic rings. The molecule has 2 rings (SSSR count). The number of amides is 2. The highest BCUT2D eigenvalue weighted by atomic mass is 32.1. The topological polar surface area (TPSA) is 163 Å². The predicted octanol–water partition coefficient (Wildman–Crippen LogP) is -0.168. The van der Waals surface area contributed by atoms with Gasteiger partial charge in [0.1, 0.15) is 9.88 Å². The molecule has 106 valence electrons. The molecule has 0 saturated carbocycles. The summed E-state index contributed by atoms with van der Waals surface area (Å²) in [5.74, 6) is -0.664. The Morgan fingerprint density at radius 1 is 1.35 bits per heavy atom. The third-order valence-electron chi connectivity index (χ3n) is 2.39. The highest BCUT2D eigenvalue weighted by molar-refractivity contribution is 7.19. The number of carbonyl (C=O) groups excluding carboxylic acids is 2. The predicted molar refractivity (Wildman–Crippen MR) is 72.1 cm³/mol. The molecule has 0 aromatic carbocycles. The standard InChI is InChI=1S/C10H12N6O3S/c1-3-15-4(16-19-3)2-14-10-5(8(12)17)6(11)7(20-10)9(13)18/h14H,2,11H2,1H3,(H2,12,17)(H2,13,18). The number of nitrogen functional groups attached to an aromatic ring is 1. The number of primary amides is 2. The molecule has 0 aliphatic heterocycles. The first-order valence-electron chi connectivity index (χ1n) is 5.45. The number of carbonyl (C=O) groups is 2. The first kappa shape index (κ1) is 13.8. The molecule has 0 fully saturated rings. The first-order valence-corrected chi connectivity index (χ1v) is 6.26. The minimum absolute atomic E-state index is 0.0261. The molecule has 0 radical (unpaired) electrons. The highest BCUT2D eigenvalue weighted by Crippen LogP contribution is 2.35. The molecular weight excluding hydrogens is 284 g/mol. The quantitative estimate of drug-likeness (QED) is 0.595. The monoisotopic (exact) mass is 296 g/mol. The number of nitrogens with two attached hydrogens (primary N) is 3. The van der Waals surface area contributed by atoms with Crippen molar-refractivity contribution in [2.75, 3.05) is 11.1 Å². The van der Waals surface area contributed by atoms with Gasteiger partial charge in [0, 0.05) is 6.92 Å². The van der Waals surface area contributed by atoms with Gasteiger partial charge < -0.3 is 27.0 Å². The Balaban J connectivity index is 2.28. The van der Waals surface area contributed by atoms with Crippen LogP contribution in [0.4, 0.5) is 10.7 Å². The molecule has 0 unspecified atom stereocenters. The minimum atomic E-state index is -0.752. The van der Waals surface area contributed by atoms with Gasteiger partial charge in [0.25, 0.3) is 11.8 Å². The van der Waals surface area contributed by atoms with Crippen molar-refractivity contribution in [3.8, 4) is 0 Å². The van der Waals surface area contributed by atoms with Crippen molar-refractivity contribution in [1.82, 2.24) is 10.1 Å². The zero-order chi connectivity index (χ0) is 14.9. The van der Waals surface area contributed by atoms with Crippen LogP contribution in [0, 0.1) is 6.92 Å². The fourth-order valence-electron chi connectivity index (χ4n) is 1.57. The second-order valence-electron chi connectivity index (χ2n) is 3.86. The van der Waals surface area contributed by atoms with Gasteiger partial charge in [0.15, 0.2) is 5.82 Å². The smallest absolute Gasteiger partial charge is 0.260 e. The number of hydrogen-bond donors (Lipinski definition) is 4. The molecule has 7 N–H and O–H groups in total. The van der Waals surface area contributed by atoms with E-state index in [0.29, 0.717) is 16.7 Å². The Morgan fingerprint density at radius 3 is 2.55 bits per heavy atom. The second-order valence-corrected chi connectivity index (χ2v) is 4.88. The lowest BCUT2D eigenvalue weighted by Crippen LogP contribution is -2.16. The minimum Gasteiger partial charge on any atom is -0.397 e. The van der Waals surface area contributed by atoms with E-state index in [2.05, 4.69) is 15.5 Å². The average molecular weight is 296 g/mol. The van der Waals surface area contributed by atoms with Crippen LogP contribution in [-0.4, -0.2) is 22.0 Å². The number of anilines is 2. The van der Waals surface area contributed by atoms with Crippen LogP contribution in [-0.2, 0) is 6.54 Å². The lowest BCUT2D eigenvalue weighted by molar-refractivity contribution is 0.0999. The zero-order valence-corrected chi connectivity index (χ0v) is 11.3. The van der Waals surface area contributed by atoms with Gasteiger partial charge in [0.2, 0.25) is 5.89 Å². The van der Waals surface area contributed by atoms with Crippen LogP contribution in [0.15, 0.2) is 4.52 Å². The Morgan fingerprint density at radius 2 is 2.05 bits per heavy atom. The van der Waals surface area contributed by atoms with Crippen LogP contribution in [0.5, 0.6) is 0 Å². The van der Waals surface area contributed by atoms with Crippen molar-refractivity contribution in [3.63, 3.8) is 0 Å². The maximum absolute atomic E-state index is 11.4. The summed E-state index contributed by atoms with van der Waals surface area (Å²) in [7, 11) is 0. The number of nitrogens with one attached hydrogen (secondary N) is 1. The summed E-state index contributed by atoms with van der Waals surface area (Å²) >= 11 is 0.951. The summed E-state index contributed by atoms with van der Waals surface area (Å²) in [6.45, 7) is 1.84. The van der Waals surface area contributed by atoms with Crippen molar-refractivity contribution >= 4 is 33.8 Å². The summed E-state index contributed by atoms with van der Waals surface area (Å²) in [6.07, 6.45) is 0. The molecule has 0 atom stereocenters. The molecule has 0 saturated heterocycles. The maximum Gasteiger partial charge on any atom is 0.260 e. The SMILES string of the molecule is Cc1nc(CNc2sc(C(N)=O)c(N)c2C(N)=O)no1. The molecule has 2 aromatic heterocycles. The molecular formula is C10H12N6O3S. The summed E-state index contributed by atoms with van der Waals surface area (Å²) in [5.41, 5.74) is 16.1. The van der Waals surface area contributed by atoms with E-state index in [1.165, 1.54) is 0 Å². The molecule has 2 heterocycles. The number of aromatic nitrogens is 2. The summed E-state index contributed by atoms with van der Waals surface area (Å²) in [4.78, 5) is 26.7. The fraction of sp³-hybridized carbons (Fsp3) is 0.200. The Hall–Kier alpha value is -2.62. The summed E-state index contributed by atoms with van der Waals surface area (Å²) < 4.78 is 4.81. The van der Waals surface area contributed by atoms with Crippen LogP contribution in [0.3, 0.4) is 0 Å². The van der Waals surface area contributed by atoms with Crippen LogP contribution in [0.1, 0.15) is 31.7 Å². The number of thiophene rings is 1. The number of aryl methyl sites for hydroxylation is 1. The first-order chi connectivity index (χ1) is 9.40. The molecule has 9 nitrogen and oxygen atoms in total. The number of nitrogens with zero attached hydrogens (tertiary/aromatic N) is 2.